The summed E-state index contributed by atoms with van der Waals surface area (Å²) in [6.07, 6.45) is 1.22. The van der Waals surface area contributed by atoms with Gasteiger partial charge in [0, 0.05) is 36.0 Å². The Bertz CT molecular complexity index is 1170. The average Bonchev–Trinajstić information content (AvgIpc) is 3.44. The van der Waals surface area contributed by atoms with E-state index in [1.807, 2.05) is 43.3 Å². The van der Waals surface area contributed by atoms with E-state index in [2.05, 4.69) is 15.5 Å². The van der Waals surface area contributed by atoms with Crippen molar-refractivity contribution >= 4 is 45.6 Å². The number of hydrogen-bond donors (Lipinski definition) is 1. The Morgan fingerprint density at radius 2 is 2.03 bits per heavy atom. The number of benzene rings is 2. The number of hydrogen-bond acceptors (Lipinski definition) is 7. The van der Waals surface area contributed by atoms with Gasteiger partial charge in [-0.15, -0.1) is 10.2 Å². The lowest BCUT2D eigenvalue weighted by atomic mass is 10.1. The predicted molar refractivity (Wildman–Crippen MR) is 132 cm³/mol. The molecule has 0 aliphatic carbocycles. The third-order valence-electron chi connectivity index (χ3n) is 5.49. The number of anilines is 2. The monoisotopic (exact) mass is 500 g/mol. The van der Waals surface area contributed by atoms with E-state index >= 15 is 0 Å². The van der Waals surface area contributed by atoms with Gasteiger partial charge in [-0.3, -0.25) is 9.59 Å². The Morgan fingerprint density at radius 1 is 1.24 bits per heavy atom. The van der Waals surface area contributed by atoms with E-state index in [-0.39, 0.29) is 17.7 Å². The van der Waals surface area contributed by atoms with Gasteiger partial charge in [-0.1, -0.05) is 22.9 Å². The number of nitrogens with zero attached hydrogens (tertiary/aromatic N) is 3. The topological polar surface area (TPSA) is 93.7 Å². The maximum Gasteiger partial charge on any atom is 0.227 e. The van der Waals surface area contributed by atoms with Gasteiger partial charge in [0.25, 0.3) is 0 Å². The van der Waals surface area contributed by atoms with Crippen LogP contribution in [0.1, 0.15) is 35.8 Å². The van der Waals surface area contributed by atoms with Gasteiger partial charge in [0.1, 0.15) is 16.5 Å². The molecule has 178 valence electrons. The molecule has 2 aromatic carbocycles. The number of carbonyl (C=O) groups excluding carboxylic acids is 2. The molecule has 0 bridgehead atoms. The van der Waals surface area contributed by atoms with Crippen molar-refractivity contribution in [2.24, 2.45) is 0 Å². The minimum Gasteiger partial charge on any atom is -0.497 e. The predicted octanol–water partition coefficient (Wildman–Crippen LogP) is 4.83. The van der Waals surface area contributed by atoms with E-state index in [1.54, 1.807) is 18.1 Å². The number of halogens is 1. The molecule has 3 aromatic rings. The number of ether oxygens (including phenoxy) is 2. The Balaban J connectivity index is 1.25. The summed E-state index contributed by atoms with van der Waals surface area (Å²) < 4.78 is 10.9. The third kappa shape index (κ3) is 5.84. The molecule has 1 saturated heterocycles. The SMILES string of the molecule is COc1ccc(N2CC(c3nnc(NC(=O)CCCOc4ccc(Cl)cc4C)s3)CC2=O)cc1. The highest BCUT2D eigenvalue weighted by molar-refractivity contribution is 7.15. The third-order valence-corrected chi connectivity index (χ3v) is 6.72. The lowest BCUT2D eigenvalue weighted by Crippen LogP contribution is -2.24. The zero-order valence-electron chi connectivity index (χ0n) is 18.9. The van der Waals surface area contributed by atoms with E-state index in [0.717, 1.165) is 27.8 Å². The zero-order chi connectivity index (χ0) is 24.1. The highest BCUT2D eigenvalue weighted by atomic mass is 35.5. The molecule has 1 aromatic heterocycles. The quantitative estimate of drug-likeness (QED) is 0.423. The molecule has 1 atom stereocenters. The van der Waals surface area contributed by atoms with Crippen molar-refractivity contribution in [2.75, 3.05) is 30.5 Å². The van der Waals surface area contributed by atoms with Crippen LogP contribution in [-0.4, -0.2) is 42.3 Å². The van der Waals surface area contributed by atoms with Crippen LogP contribution in [0.25, 0.3) is 0 Å². The van der Waals surface area contributed by atoms with Crippen molar-refractivity contribution in [3.8, 4) is 11.5 Å². The molecule has 1 aliphatic rings. The zero-order valence-corrected chi connectivity index (χ0v) is 20.5. The summed E-state index contributed by atoms with van der Waals surface area (Å²) in [6.45, 7) is 2.87. The van der Waals surface area contributed by atoms with Gasteiger partial charge in [0.2, 0.25) is 16.9 Å². The Morgan fingerprint density at radius 3 is 2.76 bits per heavy atom. The molecule has 34 heavy (non-hydrogen) atoms. The van der Waals surface area contributed by atoms with Crippen molar-refractivity contribution in [3.05, 3.63) is 58.1 Å². The lowest BCUT2D eigenvalue weighted by Gasteiger charge is -2.16. The number of aryl methyl sites for hydroxylation is 1. The normalized spacial score (nSPS) is 15.4. The lowest BCUT2D eigenvalue weighted by molar-refractivity contribution is -0.117. The van der Waals surface area contributed by atoms with Gasteiger partial charge >= 0.3 is 0 Å². The second kappa shape index (κ2) is 10.8. The number of carbonyl (C=O) groups is 2. The molecule has 0 spiro atoms. The molecule has 0 radical (unpaired) electrons. The molecule has 1 N–H and O–H groups in total. The summed E-state index contributed by atoms with van der Waals surface area (Å²) in [6, 6.07) is 12.8. The number of methoxy groups -OCH3 is 1. The standard InChI is InChI=1S/C24H25ClN4O4S/c1-15-12-17(25)5-10-20(15)33-11-3-4-21(30)26-24-28-27-23(34-24)16-13-22(31)29(14-16)18-6-8-19(32-2)9-7-18/h5-10,12,16H,3-4,11,13-14H2,1-2H3,(H,26,28,30). The number of amides is 2. The molecule has 1 fully saturated rings. The number of rotatable bonds is 9. The van der Waals surface area contributed by atoms with Crippen LogP contribution in [-0.2, 0) is 9.59 Å². The summed E-state index contributed by atoms with van der Waals surface area (Å²) in [4.78, 5) is 26.6. The Labute approximate surface area is 206 Å². The second-order valence-corrected chi connectivity index (χ2v) is 9.40. The van der Waals surface area contributed by atoms with Crippen LogP contribution in [0.15, 0.2) is 42.5 Å². The second-order valence-electron chi connectivity index (χ2n) is 7.96. The van der Waals surface area contributed by atoms with Crippen molar-refractivity contribution in [1.82, 2.24) is 10.2 Å². The van der Waals surface area contributed by atoms with E-state index in [1.165, 1.54) is 11.3 Å². The maximum atomic E-state index is 12.5. The number of nitrogens with one attached hydrogen (secondary N) is 1. The molecule has 2 heterocycles. The van der Waals surface area contributed by atoms with Crippen molar-refractivity contribution in [1.29, 1.82) is 0 Å². The highest BCUT2D eigenvalue weighted by Gasteiger charge is 2.34. The van der Waals surface area contributed by atoms with Crippen molar-refractivity contribution < 1.29 is 19.1 Å². The summed E-state index contributed by atoms with van der Waals surface area (Å²) in [5.41, 5.74) is 1.77. The van der Waals surface area contributed by atoms with E-state index in [0.29, 0.717) is 42.6 Å². The first-order chi connectivity index (χ1) is 16.4. The van der Waals surface area contributed by atoms with E-state index in [4.69, 9.17) is 21.1 Å². The maximum absolute atomic E-state index is 12.5. The van der Waals surface area contributed by atoms with Crippen LogP contribution in [0.4, 0.5) is 10.8 Å². The Kier molecular flexibility index (Phi) is 7.64. The summed E-state index contributed by atoms with van der Waals surface area (Å²) in [5, 5.41) is 12.9. The van der Waals surface area contributed by atoms with Gasteiger partial charge in [-0.05, 0) is 61.4 Å². The molecule has 10 heteroatoms. The van der Waals surface area contributed by atoms with Gasteiger partial charge in [0.15, 0.2) is 0 Å². The van der Waals surface area contributed by atoms with E-state index in [9.17, 15) is 9.59 Å². The van der Waals surface area contributed by atoms with Crippen molar-refractivity contribution in [3.63, 3.8) is 0 Å². The summed E-state index contributed by atoms with van der Waals surface area (Å²) in [5.74, 6) is 1.32. The molecular formula is C24H25ClN4O4S. The van der Waals surface area contributed by atoms with Gasteiger partial charge < -0.3 is 19.7 Å². The largest absolute Gasteiger partial charge is 0.497 e. The highest BCUT2D eigenvalue weighted by Crippen LogP contribution is 2.34. The van der Waals surface area contributed by atoms with Gasteiger partial charge in [0.05, 0.1) is 13.7 Å². The molecule has 4 rings (SSSR count). The van der Waals surface area contributed by atoms with Gasteiger partial charge in [-0.25, -0.2) is 0 Å². The fraction of sp³-hybridized carbons (Fsp3) is 0.333. The van der Waals surface area contributed by atoms with Crippen LogP contribution in [0.5, 0.6) is 11.5 Å². The molecule has 2 amide bonds. The molecular weight excluding hydrogens is 476 g/mol. The fourth-order valence-electron chi connectivity index (χ4n) is 3.71. The molecule has 8 nitrogen and oxygen atoms in total. The Hall–Kier alpha value is -3.17. The molecule has 0 saturated carbocycles. The van der Waals surface area contributed by atoms with Crippen LogP contribution in [0, 0.1) is 6.92 Å². The first-order valence-corrected chi connectivity index (χ1v) is 12.1. The van der Waals surface area contributed by atoms with Crippen LogP contribution >= 0.6 is 22.9 Å². The summed E-state index contributed by atoms with van der Waals surface area (Å²) >= 11 is 7.26. The first-order valence-electron chi connectivity index (χ1n) is 10.9. The molecule has 1 aliphatic heterocycles. The minimum atomic E-state index is -0.151. The minimum absolute atomic E-state index is 0.0341. The van der Waals surface area contributed by atoms with Crippen LogP contribution in [0.3, 0.4) is 0 Å². The summed E-state index contributed by atoms with van der Waals surface area (Å²) in [7, 11) is 1.61. The molecule has 1 unspecified atom stereocenters. The van der Waals surface area contributed by atoms with Crippen LogP contribution in [0.2, 0.25) is 5.02 Å². The van der Waals surface area contributed by atoms with E-state index < -0.39 is 0 Å². The van der Waals surface area contributed by atoms with Crippen LogP contribution < -0.4 is 19.7 Å². The first kappa shape index (κ1) is 24.0. The van der Waals surface area contributed by atoms with Gasteiger partial charge in [-0.2, -0.15) is 0 Å². The van der Waals surface area contributed by atoms with Crippen molar-refractivity contribution in [2.45, 2.75) is 32.1 Å². The fourth-order valence-corrected chi connectivity index (χ4v) is 4.78. The smallest absolute Gasteiger partial charge is 0.227 e. The average molecular weight is 501 g/mol. The number of aromatic nitrogens is 2.